The smallest absolute Gasteiger partial charge is 0.254 e. The zero-order chi connectivity index (χ0) is 22.2. The standard InChI is InChI=1S/C22H25N5O3S/c1-16-4-5-17(2)19(14-16)22(28)26-10-12-27(13-11-26)31(29,30)20-15-25(3)24-21(20)18-6-8-23-9-7-18/h4-9,14-15H,10-13H2,1-3H3. The van der Waals surface area contributed by atoms with Gasteiger partial charge in [0, 0.05) is 62.9 Å². The molecule has 162 valence electrons. The van der Waals surface area contributed by atoms with Crippen LogP contribution in [-0.4, -0.2) is 64.5 Å². The third kappa shape index (κ3) is 4.11. The number of benzene rings is 1. The van der Waals surface area contributed by atoms with E-state index in [1.165, 1.54) is 15.2 Å². The molecule has 31 heavy (non-hydrogen) atoms. The number of aromatic nitrogens is 3. The maximum Gasteiger partial charge on any atom is 0.254 e. The normalized spacial score (nSPS) is 15.3. The molecular weight excluding hydrogens is 414 g/mol. The molecule has 2 aromatic heterocycles. The van der Waals surface area contributed by atoms with Gasteiger partial charge in [0.25, 0.3) is 5.91 Å². The van der Waals surface area contributed by atoms with E-state index in [0.717, 1.165) is 11.1 Å². The lowest BCUT2D eigenvalue weighted by atomic mass is 10.0. The summed E-state index contributed by atoms with van der Waals surface area (Å²) in [5, 5.41) is 4.36. The van der Waals surface area contributed by atoms with Gasteiger partial charge in [-0.1, -0.05) is 17.7 Å². The third-order valence-electron chi connectivity index (χ3n) is 5.52. The number of hydrogen-bond donors (Lipinski definition) is 0. The Hall–Kier alpha value is -3.04. The first-order chi connectivity index (χ1) is 14.8. The Morgan fingerprint density at radius 1 is 1.00 bits per heavy atom. The highest BCUT2D eigenvalue weighted by Gasteiger charge is 2.33. The van der Waals surface area contributed by atoms with Crippen LogP contribution in [0.3, 0.4) is 0 Å². The van der Waals surface area contributed by atoms with Crippen LogP contribution in [-0.2, 0) is 17.1 Å². The van der Waals surface area contributed by atoms with Crippen LogP contribution in [0.15, 0.2) is 53.8 Å². The summed E-state index contributed by atoms with van der Waals surface area (Å²) >= 11 is 0. The van der Waals surface area contributed by atoms with Gasteiger partial charge >= 0.3 is 0 Å². The summed E-state index contributed by atoms with van der Waals surface area (Å²) in [6.07, 6.45) is 4.74. The molecule has 0 atom stereocenters. The summed E-state index contributed by atoms with van der Waals surface area (Å²) in [5.74, 6) is -0.0582. The topological polar surface area (TPSA) is 88.4 Å². The number of hydrogen-bond acceptors (Lipinski definition) is 5. The van der Waals surface area contributed by atoms with Gasteiger partial charge in [-0.2, -0.15) is 9.40 Å². The van der Waals surface area contributed by atoms with E-state index in [2.05, 4.69) is 10.1 Å². The molecule has 1 aromatic carbocycles. The number of aryl methyl sites for hydroxylation is 3. The summed E-state index contributed by atoms with van der Waals surface area (Å²) in [7, 11) is -2.06. The maximum atomic E-state index is 13.4. The highest BCUT2D eigenvalue weighted by molar-refractivity contribution is 7.89. The number of pyridine rings is 1. The summed E-state index contributed by atoms with van der Waals surface area (Å²) in [5.41, 5.74) is 3.71. The molecule has 3 aromatic rings. The van der Waals surface area contributed by atoms with E-state index < -0.39 is 10.0 Å². The summed E-state index contributed by atoms with van der Waals surface area (Å²) in [6, 6.07) is 9.28. The quantitative estimate of drug-likeness (QED) is 0.622. The van der Waals surface area contributed by atoms with Crippen LogP contribution in [0, 0.1) is 13.8 Å². The van der Waals surface area contributed by atoms with Crippen molar-refractivity contribution in [3.05, 3.63) is 65.6 Å². The van der Waals surface area contributed by atoms with Crippen molar-refractivity contribution in [2.75, 3.05) is 26.2 Å². The fraction of sp³-hybridized carbons (Fsp3) is 0.318. The molecule has 0 bridgehead atoms. The highest BCUT2D eigenvalue weighted by atomic mass is 32.2. The number of nitrogens with zero attached hydrogens (tertiary/aromatic N) is 5. The van der Waals surface area contributed by atoms with E-state index in [4.69, 9.17) is 0 Å². The average Bonchev–Trinajstić information content (AvgIpc) is 3.18. The molecule has 0 spiro atoms. The highest BCUT2D eigenvalue weighted by Crippen LogP contribution is 2.28. The molecule has 0 unspecified atom stereocenters. The van der Waals surface area contributed by atoms with Crippen molar-refractivity contribution in [1.82, 2.24) is 24.0 Å². The van der Waals surface area contributed by atoms with Crippen molar-refractivity contribution in [3.63, 3.8) is 0 Å². The fourth-order valence-corrected chi connectivity index (χ4v) is 5.38. The molecule has 9 heteroatoms. The summed E-state index contributed by atoms with van der Waals surface area (Å²) in [4.78, 5) is 18.9. The largest absolute Gasteiger partial charge is 0.336 e. The molecular formula is C22H25N5O3S. The SMILES string of the molecule is Cc1ccc(C)c(C(=O)N2CCN(S(=O)(=O)c3cn(C)nc3-c3ccncc3)CC2)c1. The zero-order valence-electron chi connectivity index (χ0n) is 17.8. The number of sulfonamides is 1. The number of carbonyl (C=O) groups is 1. The fourth-order valence-electron chi connectivity index (χ4n) is 3.77. The Labute approximate surface area is 182 Å². The summed E-state index contributed by atoms with van der Waals surface area (Å²) in [6.45, 7) is 5.03. The van der Waals surface area contributed by atoms with Gasteiger partial charge in [0.2, 0.25) is 10.0 Å². The molecule has 1 aliphatic rings. The van der Waals surface area contributed by atoms with Crippen molar-refractivity contribution in [2.24, 2.45) is 7.05 Å². The van der Waals surface area contributed by atoms with Crippen LogP contribution in [0.1, 0.15) is 21.5 Å². The predicted molar refractivity (Wildman–Crippen MR) is 117 cm³/mol. The molecule has 1 saturated heterocycles. The van der Waals surface area contributed by atoms with Gasteiger partial charge in [0.15, 0.2) is 0 Å². The molecule has 1 aliphatic heterocycles. The van der Waals surface area contributed by atoms with Gasteiger partial charge in [-0.25, -0.2) is 8.42 Å². The van der Waals surface area contributed by atoms with Gasteiger partial charge in [-0.3, -0.25) is 14.5 Å². The third-order valence-corrected chi connectivity index (χ3v) is 7.42. The minimum absolute atomic E-state index is 0.0582. The molecule has 1 fully saturated rings. The molecule has 1 amide bonds. The van der Waals surface area contributed by atoms with Gasteiger partial charge in [0.05, 0.1) is 0 Å². The van der Waals surface area contributed by atoms with E-state index >= 15 is 0 Å². The van der Waals surface area contributed by atoms with Crippen LogP contribution in [0.4, 0.5) is 0 Å². The second-order valence-electron chi connectivity index (χ2n) is 7.77. The molecule has 0 aliphatic carbocycles. The summed E-state index contributed by atoms with van der Waals surface area (Å²) < 4.78 is 29.7. The van der Waals surface area contributed by atoms with Crippen LogP contribution in [0.25, 0.3) is 11.3 Å². The van der Waals surface area contributed by atoms with Crippen LogP contribution < -0.4 is 0 Å². The Bertz CT molecular complexity index is 1210. The molecule has 0 N–H and O–H groups in total. The van der Waals surface area contributed by atoms with Crippen molar-refractivity contribution >= 4 is 15.9 Å². The lowest BCUT2D eigenvalue weighted by Crippen LogP contribution is -2.50. The number of rotatable bonds is 4. The first-order valence-corrected chi connectivity index (χ1v) is 11.5. The molecule has 8 nitrogen and oxygen atoms in total. The first kappa shape index (κ1) is 21.2. The predicted octanol–water partition coefficient (Wildman–Crippen LogP) is 2.25. The van der Waals surface area contributed by atoms with Crippen molar-refractivity contribution in [2.45, 2.75) is 18.7 Å². The van der Waals surface area contributed by atoms with Crippen molar-refractivity contribution in [1.29, 1.82) is 0 Å². The van der Waals surface area contributed by atoms with E-state index in [9.17, 15) is 13.2 Å². The van der Waals surface area contributed by atoms with Gasteiger partial charge in [-0.15, -0.1) is 0 Å². The Morgan fingerprint density at radius 3 is 2.35 bits per heavy atom. The zero-order valence-corrected chi connectivity index (χ0v) is 18.6. The first-order valence-electron chi connectivity index (χ1n) is 10.1. The van der Waals surface area contributed by atoms with Crippen LogP contribution >= 0.6 is 0 Å². The minimum atomic E-state index is -3.76. The Morgan fingerprint density at radius 2 is 1.68 bits per heavy atom. The lowest BCUT2D eigenvalue weighted by molar-refractivity contribution is 0.0697. The van der Waals surface area contributed by atoms with E-state index in [1.807, 2.05) is 32.0 Å². The van der Waals surface area contributed by atoms with Crippen molar-refractivity contribution in [3.8, 4) is 11.3 Å². The lowest BCUT2D eigenvalue weighted by Gasteiger charge is -2.34. The van der Waals surface area contributed by atoms with E-state index in [0.29, 0.717) is 29.9 Å². The monoisotopic (exact) mass is 439 g/mol. The number of piperazine rings is 1. The van der Waals surface area contributed by atoms with E-state index in [-0.39, 0.29) is 23.9 Å². The molecule has 0 saturated carbocycles. The average molecular weight is 440 g/mol. The van der Waals surface area contributed by atoms with Crippen LogP contribution in [0.5, 0.6) is 0 Å². The number of amides is 1. The van der Waals surface area contributed by atoms with Gasteiger partial charge in [0.1, 0.15) is 10.6 Å². The molecule has 4 rings (SSSR count). The minimum Gasteiger partial charge on any atom is -0.336 e. The second kappa shape index (κ2) is 8.24. The second-order valence-corrected chi connectivity index (χ2v) is 9.67. The maximum absolute atomic E-state index is 13.4. The Kier molecular flexibility index (Phi) is 5.63. The number of carbonyl (C=O) groups excluding carboxylic acids is 1. The molecule has 0 radical (unpaired) electrons. The van der Waals surface area contributed by atoms with Crippen molar-refractivity contribution < 1.29 is 13.2 Å². The molecule has 3 heterocycles. The van der Waals surface area contributed by atoms with Gasteiger partial charge in [-0.05, 0) is 37.6 Å². The van der Waals surface area contributed by atoms with Gasteiger partial charge < -0.3 is 4.90 Å². The van der Waals surface area contributed by atoms with E-state index in [1.54, 1.807) is 36.5 Å². The Balaban J connectivity index is 1.54. The van der Waals surface area contributed by atoms with Crippen LogP contribution in [0.2, 0.25) is 0 Å².